The van der Waals surface area contributed by atoms with Gasteiger partial charge in [0.05, 0.1) is 27.5 Å². The molecule has 0 fully saturated rings. The van der Waals surface area contributed by atoms with Gasteiger partial charge in [-0.05, 0) is 105 Å². The second-order valence-electron chi connectivity index (χ2n) is 16.8. The first-order valence-corrected chi connectivity index (χ1v) is 21.9. The van der Waals surface area contributed by atoms with E-state index in [1.807, 2.05) is 0 Å². The molecule has 1 aliphatic carbocycles. The molecule has 2 aromatic heterocycles. The third kappa shape index (κ3) is 5.13. The van der Waals surface area contributed by atoms with E-state index in [1.165, 1.54) is 99.2 Å². The Balaban J connectivity index is 1.16. The van der Waals surface area contributed by atoms with E-state index in [9.17, 15) is 0 Å². The summed E-state index contributed by atoms with van der Waals surface area (Å²) in [5.74, 6) is 0. The van der Waals surface area contributed by atoms with Crippen molar-refractivity contribution in [3.8, 4) is 44.8 Å². The number of aromatic nitrogens is 2. The Morgan fingerprint density at radius 3 is 1.51 bits per heavy atom. The molecule has 0 saturated heterocycles. The minimum atomic E-state index is -0.556. The van der Waals surface area contributed by atoms with Gasteiger partial charge in [0.2, 0.25) is 0 Å². The summed E-state index contributed by atoms with van der Waals surface area (Å²) in [6.07, 6.45) is 0. The molecule has 0 spiro atoms. The highest BCUT2D eigenvalue weighted by molar-refractivity contribution is 6.22. The minimum Gasteiger partial charge on any atom is -0.309 e. The molecule has 2 heterocycles. The van der Waals surface area contributed by atoms with Crippen LogP contribution in [0.5, 0.6) is 0 Å². The maximum absolute atomic E-state index is 2.55. The zero-order valence-electron chi connectivity index (χ0n) is 34.5. The predicted octanol–water partition coefficient (Wildman–Crippen LogP) is 15.6. The lowest BCUT2D eigenvalue weighted by atomic mass is 9.67. The summed E-state index contributed by atoms with van der Waals surface area (Å²) >= 11 is 0. The molecule has 294 valence electrons. The monoisotopic (exact) mass is 800 g/mol. The number of nitrogens with zero attached hydrogens (tertiary/aromatic N) is 2. The molecule has 12 aromatic rings. The van der Waals surface area contributed by atoms with Gasteiger partial charge in [-0.15, -0.1) is 0 Å². The highest BCUT2D eigenvalue weighted by Gasteiger charge is 2.47. The van der Waals surface area contributed by atoms with Crippen molar-refractivity contribution in [2.24, 2.45) is 0 Å². The topological polar surface area (TPSA) is 9.86 Å². The van der Waals surface area contributed by atoms with Gasteiger partial charge in [0.1, 0.15) is 0 Å². The van der Waals surface area contributed by atoms with Crippen LogP contribution in [-0.2, 0) is 5.41 Å². The van der Waals surface area contributed by atoms with Crippen LogP contribution in [0.15, 0.2) is 243 Å². The van der Waals surface area contributed by atoms with Crippen molar-refractivity contribution in [3.05, 3.63) is 265 Å². The highest BCUT2D eigenvalue weighted by Crippen LogP contribution is 2.60. The van der Waals surface area contributed by atoms with E-state index in [2.05, 4.69) is 252 Å². The molecular weight excluding hydrogens is 761 g/mol. The van der Waals surface area contributed by atoms with Gasteiger partial charge in [-0.2, -0.15) is 0 Å². The van der Waals surface area contributed by atoms with Crippen LogP contribution >= 0.6 is 0 Å². The van der Waals surface area contributed by atoms with Crippen molar-refractivity contribution < 1.29 is 0 Å². The van der Waals surface area contributed by atoms with E-state index in [0.29, 0.717) is 0 Å². The van der Waals surface area contributed by atoms with E-state index in [1.54, 1.807) is 0 Å². The molecule has 1 aliphatic rings. The molecule has 0 aliphatic heterocycles. The summed E-state index contributed by atoms with van der Waals surface area (Å²) in [6, 6.07) is 89.6. The number of hydrogen-bond acceptors (Lipinski definition) is 0. The van der Waals surface area contributed by atoms with Crippen LogP contribution < -0.4 is 0 Å². The van der Waals surface area contributed by atoms with Crippen LogP contribution in [0.2, 0.25) is 0 Å². The molecule has 0 N–H and O–H groups in total. The highest BCUT2D eigenvalue weighted by atomic mass is 15.0. The van der Waals surface area contributed by atoms with Gasteiger partial charge in [-0.25, -0.2) is 0 Å². The van der Waals surface area contributed by atoms with Crippen LogP contribution in [0.25, 0.3) is 88.4 Å². The van der Waals surface area contributed by atoms with Crippen molar-refractivity contribution in [1.82, 2.24) is 9.13 Å². The quantitative estimate of drug-likeness (QED) is 0.159. The van der Waals surface area contributed by atoms with Gasteiger partial charge in [0.25, 0.3) is 0 Å². The van der Waals surface area contributed by atoms with Crippen molar-refractivity contribution in [2.75, 3.05) is 0 Å². The van der Waals surface area contributed by atoms with Gasteiger partial charge in [-0.1, -0.05) is 188 Å². The predicted molar refractivity (Wildman–Crippen MR) is 263 cm³/mol. The average molecular weight is 801 g/mol. The maximum atomic E-state index is 2.55. The second kappa shape index (κ2) is 13.9. The standard InChI is InChI=1S/C61H40N2/c1-5-19-41(20-6-1)42-33-36-47(37-34-42)62-55-31-17-14-27-48(55)52-39-43(35-38-57(52)62)51-40-54-58(59-50-29-15-18-32-56(50)63(60(51)59)46-25-11-4-12-26-46)49-28-13-16-30-53(49)61(54,44-21-7-2-8-22-44)45-23-9-3-10-24-45/h1-40H. The third-order valence-electron chi connectivity index (χ3n) is 13.6. The van der Waals surface area contributed by atoms with Crippen LogP contribution in [0.1, 0.15) is 22.3 Å². The fourth-order valence-electron chi connectivity index (χ4n) is 11.0. The van der Waals surface area contributed by atoms with Crippen LogP contribution in [0.4, 0.5) is 0 Å². The lowest BCUT2D eigenvalue weighted by Crippen LogP contribution is -2.28. The van der Waals surface area contributed by atoms with E-state index < -0.39 is 5.41 Å². The van der Waals surface area contributed by atoms with E-state index in [4.69, 9.17) is 0 Å². The summed E-state index contributed by atoms with van der Waals surface area (Å²) in [5.41, 5.74) is 19.1. The molecule has 2 heteroatoms. The minimum absolute atomic E-state index is 0.556. The Morgan fingerprint density at radius 2 is 0.810 bits per heavy atom. The van der Waals surface area contributed by atoms with Crippen LogP contribution in [-0.4, -0.2) is 9.13 Å². The Hall–Kier alpha value is -8.20. The molecule has 2 nitrogen and oxygen atoms in total. The molecule has 0 atom stereocenters. The Morgan fingerprint density at radius 1 is 0.302 bits per heavy atom. The summed E-state index contributed by atoms with van der Waals surface area (Å²) < 4.78 is 4.94. The van der Waals surface area contributed by atoms with Crippen LogP contribution in [0.3, 0.4) is 0 Å². The maximum Gasteiger partial charge on any atom is 0.0714 e. The third-order valence-corrected chi connectivity index (χ3v) is 13.6. The van der Waals surface area contributed by atoms with Crippen molar-refractivity contribution in [2.45, 2.75) is 5.41 Å². The van der Waals surface area contributed by atoms with Crippen molar-refractivity contribution >= 4 is 43.6 Å². The Labute approximate surface area is 366 Å². The number of para-hydroxylation sites is 3. The van der Waals surface area contributed by atoms with E-state index in [0.717, 1.165) is 11.4 Å². The smallest absolute Gasteiger partial charge is 0.0714 e. The SMILES string of the molecule is c1ccc(-c2ccc(-n3c4ccccc4c4cc(-c5cc6c(c7c8ccccc8n(-c8ccccc8)c57)-c5ccccc5C6(c5ccccc5)c5ccccc5)ccc43)cc2)cc1. The molecule has 13 rings (SSSR count). The van der Waals surface area contributed by atoms with E-state index >= 15 is 0 Å². The number of benzene rings is 10. The first-order valence-electron chi connectivity index (χ1n) is 21.9. The van der Waals surface area contributed by atoms with Gasteiger partial charge in [0.15, 0.2) is 0 Å². The molecular formula is C61H40N2. The van der Waals surface area contributed by atoms with Gasteiger partial charge in [0, 0.05) is 38.5 Å². The zero-order chi connectivity index (χ0) is 41.5. The lowest BCUT2D eigenvalue weighted by molar-refractivity contribution is 0.769. The Bertz CT molecular complexity index is 3650. The normalized spacial score (nSPS) is 12.9. The lowest BCUT2D eigenvalue weighted by Gasteiger charge is -2.34. The largest absolute Gasteiger partial charge is 0.309 e. The summed E-state index contributed by atoms with van der Waals surface area (Å²) in [7, 11) is 0. The van der Waals surface area contributed by atoms with Crippen LogP contribution in [0, 0.1) is 0 Å². The van der Waals surface area contributed by atoms with E-state index in [-0.39, 0.29) is 0 Å². The second-order valence-corrected chi connectivity index (χ2v) is 16.8. The molecule has 0 radical (unpaired) electrons. The molecule has 0 amide bonds. The fraction of sp³-hybridized carbons (Fsp3) is 0.0164. The van der Waals surface area contributed by atoms with Crippen molar-refractivity contribution in [3.63, 3.8) is 0 Å². The average Bonchev–Trinajstić information content (AvgIpc) is 3.99. The summed E-state index contributed by atoms with van der Waals surface area (Å²) in [6.45, 7) is 0. The Kier molecular flexibility index (Phi) is 7.85. The number of rotatable bonds is 6. The summed E-state index contributed by atoms with van der Waals surface area (Å²) in [4.78, 5) is 0. The van der Waals surface area contributed by atoms with Gasteiger partial charge in [-0.3, -0.25) is 0 Å². The first kappa shape index (κ1) is 35.5. The van der Waals surface area contributed by atoms with Gasteiger partial charge < -0.3 is 9.13 Å². The number of hydrogen-bond donors (Lipinski definition) is 0. The zero-order valence-corrected chi connectivity index (χ0v) is 34.5. The van der Waals surface area contributed by atoms with Crippen molar-refractivity contribution in [1.29, 1.82) is 0 Å². The molecule has 63 heavy (non-hydrogen) atoms. The fourth-order valence-corrected chi connectivity index (χ4v) is 11.0. The molecule has 0 saturated carbocycles. The molecule has 0 unspecified atom stereocenters. The van der Waals surface area contributed by atoms with Gasteiger partial charge >= 0.3 is 0 Å². The molecule has 10 aromatic carbocycles. The first-order chi connectivity index (χ1) is 31.3. The summed E-state index contributed by atoms with van der Waals surface area (Å²) in [5, 5.41) is 4.99. The molecule has 0 bridgehead atoms. The number of fused-ring (bicyclic) bond motifs is 10.